The standard InChI is InChI=1S/C24H22ClN3O5S/c1-33-24(32)15-12-17(18(13-15)27-23(31)19-9-10-20(25)34-19)26-22(30)14-5-7-16(8-6-14)28-11-3-2-4-21(28)29/h2-11,15,17-18H,12-13H2,1H3,(H,26,30)(H,27,31)/t15?,17-,18+/m0/s1. The molecule has 1 aromatic carbocycles. The Balaban J connectivity index is 1.48. The van der Waals surface area contributed by atoms with E-state index in [9.17, 15) is 19.2 Å². The molecular weight excluding hydrogens is 478 g/mol. The summed E-state index contributed by atoms with van der Waals surface area (Å²) in [6, 6.07) is 13.8. The summed E-state index contributed by atoms with van der Waals surface area (Å²) < 4.78 is 6.84. The van der Waals surface area contributed by atoms with Crippen molar-refractivity contribution in [1.29, 1.82) is 0 Å². The second-order valence-corrected chi connectivity index (χ2v) is 9.63. The van der Waals surface area contributed by atoms with Gasteiger partial charge in [0, 0.05) is 23.5 Å². The number of carbonyl (C=O) groups is 3. The van der Waals surface area contributed by atoms with E-state index in [1.165, 1.54) is 17.7 Å². The number of benzene rings is 1. The summed E-state index contributed by atoms with van der Waals surface area (Å²) in [6.45, 7) is 0. The Kier molecular flexibility index (Phi) is 7.14. The SMILES string of the molecule is COC(=O)C1C[C@H](NC(=O)c2ccc(-n3ccccc3=O)cc2)[C@H](NC(=O)c2ccc(Cl)s2)C1. The number of nitrogens with zero attached hydrogens (tertiary/aromatic N) is 1. The third kappa shape index (κ3) is 5.21. The number of halogens is 1. The van der Waals surface area contributed by atoms with E-state index in [0.717, 1.165) is 11.3 Å². The highest BCUT2D eigenvalue weighted by Crippen LogP contribution is 2.29. The minimum Gasteiger partial charge on any atom is -0.469 e. The summed E-state index contributed by atoms with van der Waals surface area (Å²) >= 11 is 7.08. The lowest BCUT2D eigenvalue weighted by atomic mass is 10.1. The molecule has 34 heavy (non-hydrogen) atoms. The first-order valence-corrected chi connectivity index (χ1v) is 11.8. The number of carbonyl (C=O) groups excluding carboxylic acids is 3. The summed E-state index contributed by atoms with van der Waals surface area (Å²) in [4.78, 5) is 50.2. The summed E-state index contributed by atoms with van der Waals surface area (Å²) in [6.07, 6.45) is 2.33. The quantitative estimate of drug-likeness (QED) is 0.507. The first kappa shape index (κ1) is 23.7. The molecule has 1 fully saturated rings. The molecule has 2 N–H and O–H groups in total. The van der Waals surface area contributed by atoms with E-state index in [-0.39, 0.29) is 23.3 Å². The fraction of sp³-hybridized carbons (Fsp3) is 0.250. The van der Waals surface area contributed by atoms with Crippen LogP contribution in [0.5, 0.6) is 0 Å². The summed E-state index contributed by atoms with van der Waals surface area (Å²) in [7, 11) is 1.31. The molecular formula is C24H22ClN3O5S. The van der Waals surface area contributed by atoms with Crippen molar-refractivity contribution in [1.82, 2.24) is 15.2 Å². The van der Waals surface area contributed by atoms with Gasteiger partial charge in [0.1, 0.15) is 0 Å². The molecule has 0 spiro atoms. The van der Waals surface area contributed by atoms with Gasteiger partial charge >= 0.3 is 5.97 Å². The molecule has 2 aromatic heterocycles. The Morgan fingerprint density at radius 2 is 1.65 bits per heavy atom. The topological polar surface area (TPSA) is 106 Å². The Hall–Kier alpha value is -3.43. The van der Waals surface area contributed by atoms with Crippen LogP contribution < -0.4 is 16.2 Å². The van der Waals surface area contributed by atoms with E-state index in [0.29, 0.717) is 33.3 Å². The van der Waals surface area contributed by atoms with Crippen LogP contribution in [0.2, 0.25) is 4.34 Å². The first-order valence-electron chi connectivity index (χ1n) is 10.6. The van der Waals surface area contributed by atoms with Crippen molar-refractivity contribution in [3.8, 4) is 5.69 Å². The van der Waals surface area contributed by atoms with Crippen LogP contribution in [0.3, 0.4) is 0 Å². The predicted octanol–water partition coefficient (Wildman–Crippen LogP) is 3.03. The normalized spacial score (nSPS) is 19.4. The highest BCUT2D eigenvalue weighted by Gasteiger charge is 2.40. The zero-order valence-electron chi connectivity index (χ0n) is 18.2. The number of methoxy groups -OCH3 is 1. The zero-order valence-corrected chi connectivity index (χ0v) is 19.8. The molecule has 0 radical (unpaired) electrons. The zero-order chi connectivity index (χ0) is 24.2. The number of esters is 1. The molecule has 0 saturated heterocycles. The maximum absolute atomic E-state index is 12.9. The molecule has 8 nitrogen and oxygen atoms in total. The number of aromatic nitrogens is 1. The molecule has 176 valence electrons. The van der Waals surface area contributed by atoms with Crippen LogP contribution in [0.4, 0.5) is 0 Å². The van der Waals surface area contributed by atoms with E-state index in [1.54, 1.807) is 54.7 Å². The van der Waals surface area contributed by atoms with Crippen molar-refractivity contribution in [3.63, 3.8) is 0 Å². The van der Waals surface area contributed by atoms with Crippen LogP contribution >= 0.6 is 22.9 Å². The molecule has 1 saturated carbocycles. The minimum atomic E-state index is -0.465. The minimum absolute atomic E-state index is 0.176. The van der Waals surface area contributed by atoms with Crippen molar-refractivity contribution >= 4 is 40.7 Å². The molecule has 4 rings (SSSR count). The highest BCUT2D eigenvalue weighted by atomic mass is 35.5. The Morgan fingerprint density at radius 1 is 0.971 bits per heavy atom. The van der Waals surface area contributed by atoms with Gasteiger partial charge < -0.3 is 15.4 Å². The smallest absolute Gasteiger partial charge is 0.308 e. The largest absolute Gasteiger partial charge is 0.469 e. The van der Waals surface area contributed by atoms with Gasteiger partial charge in [-0.05, 0) is 55.3 Å². The van der Waals surface area contributed by atoms with Crippen molar-refractivity contribution in [2.45, 2.75) is 24.9 Å². The molecule has 2 heterocycles. The number of pyridine rings is 1. The number of amides is 2. The van der Waals surface area contributed by atoms with E-state index in [2.05, 4.69) is 10.6 Å². The van der Waals surface area contributed by atoms with Gasteiger partial charge in [0.05, 0.1) is 34.3 Å². The van der Waals surface area contributed by atoms with Gasteiger partial charge in [-0.25, -0.2) is 0 Å². The number of hydrogen-bond acceptors (Lipinski definition) is 6. The molecule has 1 aliphatic carbocycles. The van der Waals surface area contributed by atoms with Crippen molar-refractivity contribution < 1.29 is 19.1 Å². The maximum Gasteiger partial charge on any atom is 0.308 e. The van der Waals surface area contributed by atoms with Gasteiger partial charge in [-0.15, -0.1) is 11.3 Å². The second kappa shape index (κ2) is 10.2. The molecule has 0 bridgehead atoms. The Morgan fingerprint density at radius 3 is 2.24 bits per heavy atom. The molecule has 2 amide bonds. The third-order valence-corrected chi connectivity index (χ3v) is 6.99. The van der Waals surface area contributed by atoms with Crippen LogP contribution in [0.1, 0.15) is 32.9 Å². The average Bonchev–Trinajstić information content (AvgIpc) is 3.45. The summed E-state index contributed by atoms with van der Waals surface area (Å²) in [5.74, 6) is -1.49. The molecule has 3 atom stereocenters. The van der Waals surface area contributed by atoms with E-state index < -0.39 is 18.0 Å². The van der Waals surface area contributed by atoms with Crippen LogP contribution in [0.25, 0.3) is 5.69 Å². The lowest BCUT2D eigenvalue weighted by molar-refractivity contribution is -0.145. The van der Waals surface area contributed by atoms with Crippen LogP contribution in [-0.4, -0.2) is 41.5 Å². The Bertz CT molecular complexity index is 1270. The first-order chi connectivity index (χ1) is 16.4. The van der Waals surface area contributed by atoms with Crippen LogP contribution in [0, 0.1) is 5.92 Å². The predicted molar refractivity (Wildman–Crippen MR) is 129 cm³/mol. The van der Waals surface area contributed by atoms with Crippen LogP contribution in [-0.2, 0) is 9.53 Å². The molecule has 10 heteroatoms. The van der Waals surface area contributed by atoms with Crippen molar-refractivity contribution in [2.75, 3.05) is 7.11 Å². The second-order valence-electron chi connectivity index (χ2n) is 7.91. The van der Waals surface area contributed by atoms with Gasteiger partial charge in [0.2, 0.25) is 0 Å². The van der Waals surface area contributed by atoms with Gasteiger partial charge in [-0.1, -0.05) is 17.7 Å². The monoisotopic (exact) mass is 499 g/mol. The number of thiophene rings is 1. The van der Waals surface area contributed by atoms with Gasteiger partial charge in [0.15, 0.2) is 0 Å². The molecule has 3 aromatic rings. The van der Waals surface area contributed by atoms with Gasteiger partial charge in [-0.3, -0.25) is 23.7 Å². The van der Waals surface area contributed by atoms with E-state index >= 15 is 0 Å². The molecule has 1 aliphatic rings. The maximum atomic E-state index is 12.9. The fourth-order valence-corrected chi connectivity index (χ4v) is 5.00. The fourth-order valence-electron chi connectivity index (χ4n) is 4.06. The Labute approximate surface area is 204 Å². The van der Waals surface area contributed by atoms with Gasteiger partial charge in [-0.2, -0.15) is 0 Å². The van der Waals surface area contributed by atoms with Crippen LogP contribution in [0.15, 0.2) is 65.6 Å². The highest BCUT2D eigenvalue weighted by molar-refractivity contribution is 7.18. The lowest BCUT2D eigenvalue weighted by Gasteiger charge is -2.22. The average molecular weight is 500 g/mol. The van der Waals surface area contributed by atoms with E-state index in [1.807, 2.05) is 0 Å². The van der Waals surface area contributed by atoms with E-state index in [4.69, 9.17) is 16.3 Å². The number of nitrogens with one attached hydrogen (secondary N) is 2. The third-order valence-electron chi connectivity index (χ3n) is 5.76. The lowest BCUT2D eigenvalue weighted by Crippen LogP contribution is -2.48. The molecule has 0 aliphatic heterocycles. The molecule has 1 unspecified atom stereocenters. The number of hydrogen-bond donors (Lipinski definition) is 2. The summed E-state index contributed by atoms with van der Waals surface area (Å²) in [5, 5.41) is 5.85. The van der Waals surface area contributed by atoms with Gasteiger partial charge in [0.25, 0.3) is 17.4 Å². The number of rotatable bonds is 6. The van der Waals surface area contributed by atoms with Crippen molar-refractivity contribution in [2.24, 2.45) is 5.92 Å². The summed E-state index contributed by atoms with van der Waals surface area (Å²) in [5.41, 5.74) is 0.850. The number of ether oxygens (including phenoxy) is 1. The van der Waals surface area contributed by atoms with Crippen molar-refractivity contribution in [3.05, 3.63) is 85.9 Å².